The van der Waals surface area contributed by atoms with Crippen molar-refractivity contribution in [3.8, 4) is 18.4 Å². The molecule has 2 fully saturated rings. The van der Waals surface area contributed by atoms with Gasteiger partial charge in [0.25, 0.3) is 0 Å². The predicted molar refractivity (Wildman–Crippen MR) is 172 cm³/mol. The Bertz CT molecular complexity index is 1740. The number of amides is 1. The van der Waals surface area contributed by atoms with E-state index in [1.54, 1.807) is 19.0 Å². The van der Waals surface area contributed by atoms with Crippen molar-refractivity contribution >= 4 is 34.1 Å². The van der Waals surface area contributed by atoms with Crippen molar-refractivity contribution in [2.24, 2.45) is 0 Å². The van der Waals surface area contributed by atoms with E-state index in [0.29, 0.717) is 12.1 Å². The molecule has 1 aliphatic carbocycles. The van der Waals surface area contributed by atoms with Gasteiger partial charge in [0.15, 0.2) is 11.6 Å². The van der Waals surface area contributed by atoms with Crippen molar-refractivity contribution in [1.82, 2.24) is 24.8 Å². The number of nitrogens with one attached hydrogen (secondary N) is 1. The number of pyridine rings is 1. The lowest BCUT2D eigenvalue weighted by atomic mass is 9.95. The van der Waals surface area contributed by atoms with Gasteiger partial charge in [0.2, 0.25) is 5.91 Å². The predicted octanol–water partition coefficient (Wildman–Crippen LogP) is 4.13. The number of aromatic nitrogens is 3. The molecule has 10 nitrogen and oxygen atoms in total. The van der Waals surface area contributed by atoms with Crippen molar-refractivity contribution in [2.45, 2.75) is 62.4 Å². The Hall–Kier alpha value is -4.41. The van der Waals surface area contributed by atoms with Crippen LogP contribution in [0.3, 0.4) is 0 Å². The first-order valence-corrected chi connectivity index (χ1v) is 15.8. The summed E-state index contributed by atoms with van der Waals surface area (Å²) in [6.07, 6.45) is 10.4. The van der Waals surface area contributed by atoms with E-state index in [-0.39, 0.29) is 84.3 Å². The summed E-state index contributed by atoms with van der Waals surface area (Å²) in [6.45, 7) is 4.23. The normalized spacial score (nSPS) is 22.1. The maximum absolute atomic E-state index is 16.7. The topological polar surface area (TPSA) is 107 Å². The summed E-state index contributed by atoms with van der Waals surface area (Å²) >= 11 is 0. The van der Waals surface area contributed by atoms with Crippen LogP contribution in [-0.4, -0.2) is 100.0 Å². The molecular weight excluding hydrogens is 611 g/mol. The molecule has 1 amide bonds. The summed E-state index contributed by atoms with van der Waals surface area (Å²) in [5.74, 6) is 0.705. The number of fused-ring (bicyclic) bond motifs is 2. The first kappa shape index (κ1) is 32.5. The first-order chi connectivity index (χ1) is 22.5. The Balaban J connectivity index is 1.42. The van der Waals surface area contributed by atoms with Gasteiger partial charge >= 0.3 is 6.01 Å². The van der Waals surface area contributed by atoms with Crippen LogP contribution in [0.1, 0.15) is 43.2 Å². The second kappa shape index (κ2) is 13.0. The minimum absolute atomic E-state index is 0.0586. The number of likely N-dealkylation sites (tertiary alicyclic amines) is 1. The van der Waals surface area contributed by atoms with Crippen molar-refractivity contribution in [3.05, 3.63) is 53.7 Å². The number of carbonyl (C=O) groups is 1. The van der Waals surface area contributed by atoms with Gasteiger partial charge in [-0.05, 0) is 44.0 Å². The Morgan fingerprint density at radius 2 is 2.06 bits per heavy atom. The molecule has 4 heterocycles. The first-order valence-electron chi connectivity index (χ1n) is 15.8. The average molecular weight is 650 g/mol. The summed E-state index contributed by atoms with van der Waals surface area (Å²) < 4.78 is 51.5. The smallest absolute Gasteiger partial charge is 0.319 e. The highest BCUT2D eigenvalue weighted by Crippen LogP contribution is 2.40. The number of alkyl halides is 1. The van der Waals surface area contributed by atoms with E-state index in [4.69, 9.17) is 11.2 Å². The van der Waals surface area contributed by atoms with Crippen LogP contribution < -0.4 is 15.0 Å². The lowest BCUT2D eigenvalue weighted by molar-refractivity contribution is -0.129. The molecule has 2 aliphatic heterocycles. The number of terminal acetylenes is 1. The second-order valence-corrected chi connectivity index (χ2v) is 12.7. The number of nitrogens with zero attached hydrogens (tertiary/aromatic N) is 6. The maximum Gasteiger partial charge on any atom is 0.319 e. The number of β-amino-alcohol motifs (C(OH)–C–C–N with tert-alkyl or cyclic N) is 1. The molecule has 0 unspecified atom stereocenters. The number of hydrogen-bond donors (Lipinski definition) is 2. The zero-order valence-electron chi connectivity index (χ0n) is 26.5. The van der Waals surface area contributed by atoms with E-state index in [1.165, 1.54) is 29.3 Å². The molecule has 47 heavy (non-hydrogen) atoms. The molecule has 0 spiro atoms. The molecule has 1 aromatic carbocycles. The van der Waals surface area contributed by atoms with Crippen LogP contribution in [0.2, 0.25) is 0 Å². The highest BCUT2D eigenvalue weighted by molar-refractivity contribution is 5.92. The molecule has 1 saturated heterocycles. The number of hydrogen-bond acceptors (Lipinski definition) is 9. The third kappa shape index (κ3) is 6.07. The van der Waals surface area contributed by atoms with E-state index in [2.05, 4.69) is 32.8 Å². The Kier molecular flexibility index (Phi) is 9.00. The molecule has 1 saturated carbocycles. The van der Waals surface area contributed by atoms with Crippen LogP contribution in [0, 0.1) is 24.0 Å². The van der Waals surface area contributed by atoms with Crippen molar-refractivity contribution in [1.29, 1.82) is 0 Å². The molecule has 3 atom stereocenters. The van der Waals surface area contributed by atoms with Crippen LogP contribution >= 0.6 is 0 Å². The minimum Gasteiger partial charge on any atom is -0.462 e. The van der Waals surface area contributed by atoms with Crippen LogP contribution in [0.25, 0.3) is 10.9 Å². The largest absolute Gasteiger partial charge is 0.462 e. The summed E-state index contributed by atoms with van der Waals surface area (Å²) in [7, 11) is 3.55. The number of ether oxygens (including phenoxy) is 1. The molecule has 2 aromatic heterocycles. The van der Waals surface area contributed by atoms with Gasteiger partial charge < -0.3 is 25.0 Å². The van der Waals surface area contributed by atoms with Crippen LogP contribution in [0.4, 0.5) is 30.5 Å². The van der Waals surface area contributed by atoms with Gasteiger partial charge in [0, 0.05) is 38.8 Å². The van der Waals surface area contributed by atoms with E-state index in [0.717, 1.165) is 25.7 Å². The number of anilines is 3. The van der Waals surface area contributed by atoms with Crippen molar-refractivity contribution < 1.29 is 27.8 Å². The SMILES string of the molecule is C#Cc1c(F)ccc2c1N(c1ncc3c(NCC4(N(C)C(=O)C=C)CCCC4)nc(OC[C@@H]4C[C@@H](F)CN4C)nc3c1F)C[C@@H](O)C2. The van der Waals surface area contributed by atoms with Crippen molar-refractivity contribution in [3.63, 3.8) is 0 Å². The van der Waals surface area contributed by atoms with Crippen LogP contribution in [0.5, 0.6) is 6.01 Å². The number of benzene rings is 1. The summed E-state index contributed by atoms with van der Waals surface area (Å²) in [6, 6.07) is 2.40. The second-order valence-electron chi connectivity index (χ2n) is 12.7. The number of halogens is 3. The monoisotopic (exact) mass is 649 g/mol. The quantitative estimate of drug-likeness (QED) is 0.262. The fraction of sp³-hybridized carbons (Fsp3) is 0.471. The third-order valence-corrected chi connectivity index (χ3v) is 9.75. The van der Waals surface area contributed by atoms with E-state index < -0.39 is 29.4 Å². The lowest BCUT2D eigenvalue weighted by Gasteiger charge is -2.38. The molecule has 0 radical (unpaired) electrons. The average Bonchev–Trinajstić information content (AvgIpc) is 3.67. The molecule has 3 aromatic rings. The molecule has 6 rings (SSSR count). The lowest BCUT2D eigenvalue weighted by Crippen LogP contribution is -2.51. The molecule has 0 bridgehead atoms. The Morgan fingerprint density at radius 3 is 2.74 bits per heavy atom. The zero-order valence-corrected chi connectivity index (χ0v) is 26.5. The van der Waals surface area contributed by atoms with Gasteiger partial charge in [-0.2, -0.15) is 9.97 Å². The van der Waals surface area contributed by atoms with Gasteiger partial charge in [-0.15, -0.1) is 6.42 Å². The number of aliphatic hydroxyl groups excluding tert-OH is 1. The summed E-state index contributed by atoms with van der Waals surface area (Å²) in [4.78, 5) is 31.0. The summed E-state index contributed by atoms with van der Waals surface area (Å²) in [5, 5.41) is 14.2. The van der Waals surface area contributed by atoms with E-state index in [9.17, 15) is 18.7 Å². The highest BCUT2D eigenvalue weighted by Gasteiger charge is 2.40. The van der Waals surface area contributed by atoms with Crippen molar-refractivity contribution in [2.75, 3.05) is 50.6 Å². The fourth-order valence-electron chi connectivity index (χ4n) is 7.11. The van der Waals surface area contributed by atoms with Gasteiger partial charge in [-0.25, -0.2) is 18.2 Å². The summed E-state index contributed by atoms with van der Waals surface area (Å²) in [5.41, 5.74) is 0.108. The highest BCUT2D eigenvalue weighted by atomic mass is 19.1. The molecular formula is C34H38F3N7O3. The van der Waals surface area contributed by atoms with Gasteiger partial charge in [-0.3, -0.25) is 9.69 Å². The maximum atomic E-state index is 16.7. The molecule has 3 aliphatic rings. The number of carbonyl (C=O) groups excluding carboxylic acids is 1. The Labute approximate surface area is 271 Å². The van der Waals surface area contributed by atoms with Crippen LogP contribution in [-0.2, 0) is 11.2 Å². The van der Waals surface area contributed by atoms with E-state index in [1.807, 2.05) is 4.90 Å². The van der Waals surface area contributed by atoms with Gasteiger partial charge in [-0.1, -0.05) is 31.4 Å². The third-order valence-electron chi connectivity index (χ3n) is 9.75. The number of aliphatic hydroxyl groups is 1. The standard InChI is InChI=1S/C34H38F3N7O3/c1-5-24-26(36)10-9-20-13-23(45)17-44(30(20)24)32-28(37)29-25(15-38-32)31(39-19-34(11-7-8-12-34)43(4)27(46)6-2)41-33(40-29)47-18-22-14-21(35)16-42(22)3/h1,6,9-10,15,21-23,45H,2,7-8,11-14,16-19H2,3-4H3,(H,39,40,41)/t21-,22+,23+/m1/s1. The number of rotatable bonds is 9. The van der Waals surface area contributed by atoms with Crippen LogP contribution in [0.15, 0.2) is 31.0 Å². The number of likely N-dealkylation sites (N-methyl/N-ethyl adjacent to an activating group) is 2. The van der Waals surface area contributed by atoms with Gasteiger partial charge in [0.05, 0.1) is 34.8 Å². The van der Waals surface area contributed by atoms with E-state index >= 15 is 4.39 Å². The fourth-order valence-corrected chi connectivity index (χ4v) is 7.11. The molecule has 2 N–H and O–H groups in total. The Morgan fingerprint density at radius 1 is 1.30 bits per heavy atom. The van der Waals surface area contributed by atoms with Gasteiger partial charge in [0.1, 0.15) is 29.9 Å². The minimum atomic E-state index is -0.979. The molecule has 248 valence electrons. The molecule has 13 heteroatoms. The zero-order chi connectivity index (χ0) is 33.5.